The van der Waals surface area contributed by atoms with Crippen molar-refractivity contribution in [2.45, 2.75) is 72.0 Å². The molecule has 0 fully saturated rings. The third kappa shape index (κ3) is 6.71. The molecular formula is C27H33S3Si. The fourth-order valence-corrected chi connectivity index (χ4v) is 10.2. The molecule has 4 heteroatoms. The first-order chi connectivity index (χ1) is 14.9. The fourth-order valence-electron chi connectivity index (χ4n) is 3.52. The SMILES string of the molecule is CC(C)Sc1ccccc1[Si](c1ccccc1SC(C)C)c1ccccc1SC(C)C. The molecule has 0 spiro atoms. The van der Waals surface area contributed by atoms with Crippen LogP contribution in [0.1, 0.15) is 41.5 Å². The molecule has 0 N–H and O–H groups in total. The average molecular weight is 482 g/mol. The van der Waals surface area contributed by atoms with E-state index in [0.717, 1.165) is 0 Å². The summed E-state index contributed by atoms with van der Waals surface area (Å²) in [4.78, 5) is 4.29. The molecule has 0 amide bonds. The lowest BCUT2D eigenvalue weighted by atomic mass is 10.3. The van der Waals surface area contributed by atoms with E-state index in [1.807, 2.05) is 35.3 Å². The highest BCUT2D eigenvalue weighted by Gasteiger charge is 2.27. The maximum Gasteiger partial charge on any atom is 0.158 e. The van der Waals surface area contributed by atoms with Crippen molar-refractivity contribution >= 4 is 59.6 Å². The van der Waals surface area contributed by atoms with Gasteiger partial charge in [-0.25, -0.2) is 0 Å². The number of benzene rings is 3. The summed E-state index contributed by atoms with van der Waals surface area (Å²) in [5.74, 6) is 0. The van der Waals surface area contributed by atoms with E-state index < -0.39 is 8.80 Å². The molecular weight excluding hydrogens is 449 g/mol. The molecule has 0 atom stereocenters. The van der Waals surface area contributed by atoms with Crippen LogP contribution in [0.3, 0.4) is 0 Å². The predicted molar refractivity (Wildman–Crippen MR) is 147 cm³/mol. The molecule has 3 rings (SSSR count). The van der Waals surface area contributed by atoms with Gasteiger partial charge in [0.2, 0.25) is 0 Å². The summed E-state index contributed by atoms with van der Waals surface area (Å²) in [6.45, 7) is 13.7. The molecule has 31 heavy (non-hydrogen) atoms. The molecule has 0 unspecified atom stereocenters. The van der Waals surface area contributed by atoms with Crippen LogP contribution in [-0.4, -0.2) is 24.5 Å². The Labute approximate surface area is 203 Å². The molecule has 0 aliphatic heterocycles. The van der Waals surface area contributed by atoms with Gasteiger partial charge in [0.05, 0.1) is 0 Å². The highest BCUT2D eigenvalue weighted by molar-refractivity contribution is 8.00. The molecule has 1 radical (unpaired) electrons. The lowest BCUT2D eigenvalue weighted by molar-refractivity contribution is 1.11. The Hall–Kier alpha value is -1.07. The Bertz CT molecular complexity index is 854. The number of hydrogen-bond donors (Lipinski definition) is 0. The van der Waals surface area contributed by atoms with Gasteiger partial charge in [0.1, 0.15) is 0 Å². The highest BCUT2D eigenvalue weighted by Crippen LogP contribution is 2.26. The van der Waals surface area contributed by atoms with E-state index >= 15 is 0 Å². The van der Waals surface area contributed by atoms with Crippen LogP contribution < -0.4 is 15.6 Å². The van der Waals surface area contributed by atoms with Crippen LogP contribution in [0.25, 0.3) is 0 Å². The van der Waals surface area contributed by atoms with Crippen molar-refractivity contribution in [2.24, 2.45) is 0 Å². The molecule has 0 saturated heterocycles. The summed E-state index contributed by atoms with van der Waals surface area (Å²) >= 11 is 5.98. The second-order valence-corrected chi connectivity index (χ2v) is 15.6. The molecule has 0 aliphatic carbocycles. The standard InChI is InChI=1S/C27H33S3Si/c1-19(2)28-22-13-7-10-16-25(22)31(26-17-11-8-14-23(26)29-20(3)4)27-18-12-9-15-24(27)30-21(5)6/h7-21H,1-6H3. The van der Waals surface area contributed by atoms with E-state index in [1.54, 1.807) is 0 Å². The lowest BCUT2D eigenvalue weighted by Crippen LogP contribution is -2.54. The van der Waals surface area contributed by atoms with Crippen LogP contribution >= 0.6 is 35.3 Å². The van der Waals surface area contributed by atoms with Gasteiger partial charge >= 0.3 is 0 Å². The van der Waals surface area contributed by atoms with Crippen LogP contribution in [0.15, 0.2) is 87.5 Å². The molecule has 0 aromatic heterocycles. The van der Waals surface area contributed by atoms with Gasteiger partial charge in [-0.3, -0.25) is 0 Å². The Kier molecular flexibility index (Phi) is 9.27. The second-order valence-electron chi connectivity index (χ2n) is 8.36. The van der Waals surface area contributed by atoms with E-state index in [4.69, 9.17) is 0 Å². The van der Waals surface area contributed by atoms with Crippen LogP contribution in [0.4, 0.5) is 0 Å². The van der Waals surface area contributed by atoms with Crippen molar-refractivity contribution in [1.82, 2.24) is 0 Å². The largest absolute Gasteiger partial charge is 0.158 e. The quantitative estimate of drug-likeness (QED) is 0.189. The molecule has 0 nitrogen and oxygen atoms in total. The minimum atomic E-state index is -1.16. The maximum absolute atomic E-state index is 2.38. The lowest BCUT2D eigenvalue weighted by Gasteiger charge is -2.25. The van der Waals surface area contributed by atoms with Crippen molar-refractivity contribution < 1.29 is 0 Å². The minimum absolute atomic E-state index is 0.560. The van der Waals surface area contributed by atoms with Crippen LogP contribution in [-0.2, 0) is 0 Å². The van der Waals surface area contributed by atoms with Gasteiger partial charge in [-0.2, -0.15) is 0 Å². The van der Waals surface area contributed by atoms with Crippen LogP contribution in [0.2, 0.25) is 0 Å². The average Bonchev–Trinajstić information content (AvgIpc) is 2.70. The molecule has 163 valence electrons. The van der Waals surface area contributed by atoms with Crippen molar-refractivity contribution in [2.75, 3.05) is 0 Å². The van der Waals surface area contributed by atoms with Crippen LogP contribution in [0, 0.1) is 0 Å². The summed E-state index contributed by atoms with van der Waals surface area (Å²) in [7, 11) is -1.16. The molecule has 3 aromatic carbocycles. The monoisotopic (exact) mass is 481 g/mol. The van der Waals surface area contributed by atoms with Gasteiger partial charge in [-0.1, -0.05) is 96.1 Å². The van der Waals surface area contributed by atoms with Crippen molar-refractivity contribution in [3.8, 4) is 0 Å². The zero-order valence-electron chi connectivity index (χ0n) is 19.4. The molecule has 0 heterocycles. The normalized spacial score (nSPS) is 11.8. The molecule has 0 saturated carbocycles. The number of thioether (sulfide) groups is 3. The molecule has 3 aromatic rings. The first kappa shape index (κ1) is 24.6. The Morgan fingerprint density at radius 1 is 0.452 bits per heavy atom. The van der Waals surface area contributed by atoms with E-state index in [1.165, 1.54) is 30.2 Å². The van der Waals surface area contributed by atoms with E-state index in [9.17, 15) is 0 Å². The highest BCUT2D eigenvalue weighted by atomic mass is 32.2. The van der Waals surface area contributed by atoms with E-state index in [0.29, 0.717) is 15.7 Å². The predicted octanol–water partition coefficient (Wildman–Crippen LogP) is 6.70. The van der Waals surface area contributed by atoms with Gasteiger partial charge in [0.15, 0.2) is 8.80 Å². The van der Waals surface area contributed by atoms with Crippen molar-refractivity contribution in [3.63, 3.8) is 0 Å². The van der Waals surface area contributed by atoms with Crippen molar-refractivity contribution in [1.29, 1.82) is 0 Å². The van der Waals surface area contributed by atoms with Gasteiger partial charge in [0.25, 0.3) is 0 Å². The second kappa shape index (κ2) is 11.7. The molecule has 0 bridgehead atoms. The smallest absolute Gasteiger partial charge is 0.123 e. The van der Waals surface area contributed by atoms with Gasteiger partial charge in [-0.15, -0.1) is 35.3 Å². The van der Waals surface area contributed by atoms with E-state index in [-0.39, 0.29) is 0 Å². The topological polar surface area (TPSA) is 0 Å². The summed E-state index contributed by atoms with van der Waals surface area (Å²) in [5, 5.41) is 6.22. The van der Waals surface area contributed by atoms with Crippen molar-refractivity contribution in [3.05, 3.63) is 72.8 Å². The summed E-state index contributed by atoms with van der Waals surface area (Å²) in [6, 6.07) is 27.4. The Morgan fingerprint density at radius 2 is 0.710 bits per heavy atom. The maximum atomic E-state index is 2.38. The van der Waals surface area contributed by atoms with Gasteiger partial charge in [0, 0.05) is 30.4 Å². The fraction of sp³-hybridized carbons (Fsp3) is 0.333. The summed E-state index contributed by atoms with van der Waals surface area (Å²) < 4.78 is 0. The summed E-state index contributed by atoms with van der Waals surface area (Å²) in [5.41, 5.74) is 0. The third-order valence-electron chi connectivity index (χ3n) is 4.56. The van der Waals surface area contributed by atoms with E-state index in [2.05, 4.69) is 114 Å². The first-order valence-corrected chi connectivity index (χ1v) is 15.2. The Morgan fingerprint density at radius 3 is 0.968 bits per heavy atom. The first-order valence-electron chi connectivity index (χ1n) is 11.0. The van der Waals surface area contributed by atoms with Gasteiger partial charge < -0.3 is 0 Å². The van der Waals surface area contributed by atoms with Crippen LogP contribution in [0.5, 0.6) is 0 Å². The molecule has 0 aliphatic rings. The number of hydrogen-bond acceptors (Lipinski definition) is 3. The summed E-state index contributed by atoms with van der Waals surface area (Å²) in [6.07, 6.45) is 0. The Balaban J connectivity index is 2.26. The minimum Gasteiger partial charge on any atom is -0.123 e. The number of rotatable bonds is 9. The zero-order valence-corrected chi connectivity index (χ0v) is 22.8. The van der Waals surface area contributed by atoms with Gasteiger partial charge in [-0.05, 0) is 33.8 Å². The third-order valence-corrected chi connectivity index (χ3v) is 11.3. The zero-order chi connectivity index (χ0) is 22.4.